The van der Waals surface area contributed by atoms with Crippen molar-refractivity contribution in [1.82, 2.24) is 5.32 Å². The number of thioether (sulfide) groups is 1. The highest BCUT2D eigenvalue weighted by molar-refractivity contribution is 7.98. The average Bonchev–Trinajstić information content (AvgIpc) is 2.50. The van der Waals surface area contributed by atoms with Gasteiger partial charge in [0.15, 0.2) is 0 Å². The maximum absolute atomic E-state index is 6.10. The molecule has 0 spiro atoms. The zero-order valence-corrected chi connectivity index (χ0v) is 12.9. The molecule has 0 amide bonds. The Morgan fingerprint density at radius 3 is 2.45 bits per heavy atom. The highest BCUT2D eigenvalue weighted by atomic mass is 32.2. The number of para-hydroxylation sites is 2. The molecule has 0 saturated carbocycles. The van der Waals surface area contributed by atoms with Crippen LogP contribution in [0, 0.1) is 0 Å². The normalized spacial score (nSPS) is 10.5. The molecule has 3 heteroatoms. The lowest BCUT2D eigenvalue weighted by molar-refractivity contribution is 0.462. The molecule has 0 unspecified atom stereocenters. The monoisotopic (exact) mass is 287 g/mol. The van der Waals surface area contributed by atoms with Gasteiger partial charge in [0.05, 0.1) is 0 Å². The summed E-state index contributed by atoms with van der Waals surface area (Å²) in [5, 5.41) is 3.42. The fourth-order valence-corrected chi connectivity index (χ4v) is 2.50. The van der Waals surface area contributed by atoms with Gasteiger partial charge in [-0.3, -0.25) is 0 Å². The minimum Gasteiger partial charge on any atom is -0.456 e. The summed E-state index contributed by atoms with van der Waals surface area (Å²) in [7, 11) is 0. The molecule has 0 aliphatic rings. The maximum atomic E-state index is 6.10. The van der Waals surface area contributed by atoms with Crippen molar-refractivity contribution in [3.8, 4) is 11.5 Å². The standard InChI is InChI=1S/C17H21NOS/c1-3-12-18-13-14-8-4-5-9-15(14)19-16-10-6-7-11-17(16)20-2/h4-11,18H,3,12-13H2,1-2H3. The van der Waals surface area contributed by atoms with Gasteiger partial charge in [-0.2, -0.15) is 0 Å². The van der Waals surface area contributed by atoms with Crippen LogP contribution in [0.3, 0.4) is 0 Å². The lowest BCUT2D eigenvalue weighted by Gasteiger charge is -2.13. The molecule has 2 aromatic rings. The van der Waals surface area contributed by atoms with Gasteiger partial charge < -0.3 is 10.1 Å². The predicted octanol–water partition coefficient (Wildman–Crippen LogP) is 4.70. The van der Waals surface area contributed by atoms with Gasteiger partial charge in [-0.15, -0.1) is 11.8 Å². The van der Waals surface area contributed by atoms with Crippen LogP contribution in [-0.4, -0.2) is 12.8 Å². The van der Waals surface area contributed by atoms with E-state index in [0.29, 0.717) is 0 Å². The molecule has 106 valence electrons. The highest BCUT2D eigenvalue weighted by Gasteiger charge is 2.07. The molecule has 2 aromatic carbocycles. The molecule has 2 nitrogen and oxygen atoms in total. The summed E-state index contributed by atoms with van der Waals surface area (Å²) in [6.45, 7) is 4.03. The quantitative estimate of drug-likeness (QED) is 0.589. The zero-order chi connectivity index (χ0) is 14.2. The van der Waals surface area contributed by atoms with Crippen molar-refractivity contribution in [2.45, 2.75) is 24.8 Å². The van der Waals surface area contributed by atoms with Gasteiger partial charge in [0, 0.05) is 17.0 Å². The summed E-state index contributed by atoms with van der Waals surface area (Å²) in [5.74, 6) is 1.85. The van der Waals surface area contributed by atoms with Gasteiger partial charge in [0.1, 0.15) is 11.5 Å². The molecule has 0 heterocycles. The molecule has 0 aliphatic carbocycles. The molecule has 20 heavy (non-hydrogen) atoms. The summed E-state index contributed by atoms with van der Waals surface area (Å²) in [4.78, 5) is 1.16. The first kappa shape index (κ1) is 14.9. The molecule has 0 aromatic heterocycles. The first-order chi connectivity index (χ1) is 9.85. The van der Waals surface area contributed by atoms with Crippen LogP contribution in [0.5, 0.6) is 11.5 Å². The van der Waals surface area contributed by atoms with Crippen LogP contribution < -0.4 is 10.1 Å². The third kappa shape index (κ3) is 4.02. The third-order valence-electron chi connectivity index (χ3n) is 3.00. The number of benzene rings is 2. The van der Waals surface area contributed by atoms with E-state index in [1.54, 1.807) is 11.8 Å². The molecule has 0 aliphatic heterocycles. The fraction of sp³-hybridized carbons (Fsp3) is 0.294. The molecule has 1 N–H and O–H groups in total. The van der Waals surface area contributed by atoms with E-state index in [-0.39, 0.29) is 0 Å². The van der Waals surface area contributed by atoms with Crippen LogP contribution in [-0.2, 0) is 6.54 Å². The number of ether oxygens (including phenoxy) is 1. The Morgan fingerprint density at radius 2 is 1.70 bits per heavy atom. The van der Waals surface area contributed by atoms with Gasteiger partial charge in [-0.25, -0.2) is 0 Å². The second kappa shape index (κ2) is 7.98. The van der Waals surface area contributed by atoms with Gasteiger partial charge in [-0.1, -0.05) is 37.3 Å². The van der Waals surface area contributed by atoms with Crippen LogP contribution in [0.15, 0.2) is 53.4 Å². The van der Waals surface area contributed by atoms with Crippen molar-refractivity contribution in [1.29, 1.82) is 0 Å². The van der Waals surface area contributed by atoms with E-state index in [4.69, 9.17) is 4.74 Å². The van der Waals surface area contributed by atoms with Crippen molar-refractivity contribution < 1.29 is 4.74 Å². The topological polar surface area (TPSA) is 21.3 Å². The van der Waals surface area contributed by atoms with E-state index in [1.165, 1.54) is 5.56 Å². The highest BCUT2D eigenvalue weighted by Crippen LogP contribution is 2.32. The summed E-state index contributed by atoms with van der Waals surface area (Å²) in [6.07, 6.45) is 3.20. The van der Waals surface area contributed by atoms with Crippen LogP contribution in [0.4, 0.5) is 0 Å². The van der Waals surface area contributed by atoms with E-state index >= 15 is 0 Å². The molecule has 0 fully saturated rings. The fourth-order valence-electron chi connectivity index (χ4n) is 1.97. The predicted molar refractivity (Wildman–Crippen MR) is 86.7 cm³/mol. The van der Waals surface area contributed by atoms with E-state index in [9.17, 15) is 0 Å². The van der Waals surface area contributed by atoms with Crippen LogP contribution in [0.1, 0.15) is 18.9 Å². The van der Waals surface area contributed by atoms with Gasteiger partial charge in [-0.05, 0) is 37.4 Å². The second-order valence-corrected chi connectivity index (χ2v) is 5.39. The Labute approximate surface area is 125 Å². The maximum Gasteiger partial charge on any atom is 0.140 e. The van der Waals surface area contributed by atoms with Crippen molar-refractivity contribution in [3.05, 3.63) is 54.1 Å². The number of hydrogen-bond acceptors (Lipinski definition) is 3. The average molecular weight is 287 g/mol. The number of nitrogens with one attached hydrogen (secondary N) is 1. The van der Waals surface area contributed by atoms with Crippen LogP contribution >= 0.6 is 11.8 Å². The van der Waals surface area contributed by atoms with Gasteiger partial charge in [0.2, 0.25) is 0 Å². The van der Waals surface area contributed by atoms with Gasteiger partial charge >= 0.3 is 0 Å². The second-order valence-electron chi connectivity index (χ2n) is 4.54. The first-order valence-electron chi connectivity index (χ1n) is 6.94. The molecular weight excluding hydrogens is 266 g/mol. The molecule has 0 atom stereocenters. The van der Waals surface area contributed by atoms with Crippen molar-refractivity contribution in [3.63, 3.8) is 0 Å². The minimum absolute atomic E-state index is 0.839. The zero-order valence-electron chi connectivity index (χ0n) is 12.1. The lowest BCUT2D eigenvalue weighted by Crippen LogP contribution is -2.14. The Hall–Kier alpha value is -1.45. The number of rotatable bonds is 7. The van der Waals surface area contributed by atoms with Crippen LogP contribution in [0.2, 0.25) is 0 Å². The largest absolute Gasteiger partial charge is 0.456 e. The van der Waals surface area contributed by atoms with E-state index in [0.717, 1.165) is 35.9 Å². The summed E-state index contributed by atoms with van der Waals surface area (Å²) in [5.41, 5.74) is 1.19. The third-order valence-corrected chi connectivity index (χ3v) is 3.78. The number of hydrogen-bond donors (Lipinski definition) is 1. The van der Waals surface area contributed by atoms with E-state index < -0.39 is 0 Å². The van der Waals surface area contributed by atoms with E-state index in [2.05, 4.69) is 36.7 Å². The Bertz CT molecular complexity index is 542. The molecule has 0 bridgehead atoms. The van der Waals surface area contributed by atoms with E-state index in [1.807, 2.05) is 30.3 Å². The SMILES string of the molecule is CCCNCc1ccccc1Oc1ccccc1SC. The lowest BCUT2D eigenvalue weighted by atomic mass is 10.2. The Kier molecular flexibility index (Phi) is 5.96. The van der Waals surface area contributed by atoms with Gasteiger partial charge in [0.25, 0.3) is 0 Å². The summed E-state index contributed by atoms with van der Waals surface area (Å²) < 4.78 is 6.10. The minimum atomic E-state index is 0.839. The molecular formula is C17H21NOS. The first-order valence-corrected chi connectivity index (χ1v) is 8.17. The van der Waals surface area contributed by atoms with Crippen molar-refractivity contribution in [2.24, 2.45) is 0 Å². The summed E-state index contributed by atoms with van der Waals surface area (Å²) in [6, 6.07) is 16.3. The molecule has 2 rings (SSSR count). The molecule has 0 radical (unpaired) electrons. The Balaban J connectivity index is 2.16. The van der Waals surface area contributed by atoms with Crippen LogP contribution in [0.25, 0.3) is 0 Å². The smallest absolute Gasteiger partial charge is 0.140 e. The van der Waals surface area contributed by atoms with Crippen molar-refractivity contribution in [2.75, 3.05) is 12.8 Å². The Morgan fingerprint density at radius 1 is 1.00 bits per heavy atom. The molecule has 0 saturated heterocycles. The summed E-state index contributed by atoms with van der Waals surface area (Å²) >= 11 is 1.70. The van der Waals surface area contributed by atoms with Crippen molar-refractivity contribution >= 4 is 11.8 Å².